The average Bonchev–Trinajstić information content (AvgIpc) is 3.24. The van der Waals surface area contributed by atoms with Crippen LogP contribution in [0, 0.1) is 0 Å². The molecule has 0 bridgehead atoms. The van der Waals surface area contributed by atoms with Crippen molar-refractivity contribution in [2.24, 2.45) is 0 Å². The second-order valence-electron chi connectivity index (χ2n) is 7.94. The van der Waals surface area contributed by atoms with Gasteiger partial charge < -0.3 is 5.32 Å². The van der Waals surface area contributed by atoms with Crippen molar-refractivity contribution in [2.75, 3.05) is 5.32 Å². The van der Waals surface area contributed by atoms with Crippen molar-refractivity contribution in [3.63, 3.8) is 0 Å². The largest absolute Gasteiger partial charge is 0.306 e. The summed E-state index contributed by atoms with van der Waals surface area (Å²) in [7, 11) is 0. The highest BCUT2D eigenvalue weighted by Gasteiger charge is 2.25. The van der Waals surface area contributed by atoms with Gasteiger partial charge in [0.15, 0.2) is 0 Å². The van der Waals surface area contributed by atoms with Gasteiger partial charge in [-0.2, -0.15) is 16.9 Å². The van der Waals surface area contributed by atoms with E-state index in [1.54, 1.807) is 0 Å². The maximum absolute atomic E-state index is 12.9. The maximum Gasteiger partial charge on any atom is 0.256 e. The Morgan fingerprint density at radius 3 is 2.39 bits per heavy atom. The van der Waals surface area contributed by atoms with Crippen LogP contribution in [0.3, 0.4) is 0 Å². The number of thioether (sulfide) groups is 1. The van der Waals surface area contributed by atoms with Gasteiger partial charge in [0, 0.05) is 27.7 Å². The van der Waals surface area contributed by atoms with Crippen molar-refractivity contribution in [1.29, 1.82) is 0 Å². The third-order valence-corrected chi connectivity index (χ3v) is 6.09. The Kier molecular flexibility index (Phi) is 4.98. The summed E-state index contributed by atoms with van der Waals surface area (Å²) in [4.78, 5) is 12.9. The minimum atomic E-state index is -0.129. The van der Waals surface area contributed by atoms with Crippen molar-refractivity contribution in [3.8, 4) is 5.69 Å². The molecule has 1 aliphatic heterocycles. The van der Waals surface area contributed by atoms with Crippen LogP contribution in [-0.2, 0) is 16.9 Å². The summed E-state index contributed by atoms with van der Waals surface area (Å²) in [5, 5.41) is 8.49. The number of fused-ring (bicyclic) bond motifs is 1. The zero-order chi connectivity index (χ0) is 19.9. The molecule has 1 aliphatic rings. The summed E-state index contributed by atoms with van der Waals surface area (Å²) >= 11 is 7.83. The third-order valence-electron chi connectivity index (χ3n) is 4.87. The van der Waals surface area contributed by atoms with Crippen molar-refractivity contribution < 1.29 is 4.79 Å². The lowest BCUT2D eigenvalue weighted by molar-refractivity contribution is 0.102. The van der Waals surface area contributed by atoms with E-state index in [1.165, 1.54) is 5.56 Å². The van der Waals surface area contributed by atoms with Crippen LogP contribution in [0.5, 0.6) is 0 Å². The first kappa shape index (κ1) is 19.1. The van der Waals surface area contributed by atoms with Crippen molar-refractivity contribution >= 4 is 35.1 Å². The van der Waals surface area contributed by atoms with Crippen LogP contribution in [0.25, 0.3) is 5.69 Å². The van der Waals surface area contributed by atoms with Gasteiger partial charge in [-0.3, -0.25) is 4.79 Å². The zero-order valence-electron chi connectivity index (χ0n) is 16.1. The fraction of sp³-hybridized carbons (Fsp3) is 0.273. The van der Waals surface area contributed by atoms with Crippen LogP contribution in [-0.4, -0.2) is 15.7 Å². The van der Waals surface area contributed by atoms with Crippen LogP contribution >= 0.6 is 23.4 Å². The Bertz CT molecular complexity index is 1020. The van der Waals surface area contributed by atoms with Gasteiger partial charge in [0.1, 0.15) is 5.82 Å². The van der Waals surface area contributed by atoms with Gasteiger partial charge in [-0.05, 0) is 47.4 Å². The molecule has 0 saturated heterocycles. The smallest absolute Gasteiger partial charge is 0.256 e. The van der Waals surface area contributed by atoms with E-state index >= 15 is 0 Å². The number of nitrogens with one attached hydrogen (secondary N) is 1. The first-order valence-electron chi connectivity index (χ1n) is 9.19. The maximum atomic E-state index is 12.9. The molecule has 6 heteroatoms. The number of carbonyl (C=O) groups is 1. The normalized spacial score (nSPS) is 13.4. The minimum Gasteiger partial charge on any atom is -0.306 e. The molecule has 28 heavy (non-hydrogen) atoms. The van der Waals surface area contributed by atoms with E-state index in [1.807, 2.05) is 65.0 Å². The molecule has 3 aromatic rings. The molecule has 0 aliphatic carbocycles. The van der Waals surface area contributed by atoms with Gasteiger partial charge in [-0.25, -0.2) is 4.68 Å². The molecule has 0 spiro atoms. The van der Waals surface area contributed by atoms with Crippen LogP contribution in [0.2, 0.25) is 5.02 Å². The molecule has 2 heterocycles. The SMILES string of the molecule is CC(C)(C)c1ccc(C(=O)Nc2c3c(nn2-c2ccc(Cl)cc2)CSC3)cc1. The predicted molar refractivity (Wildman–Crippen MR) is 117 cm³/mol. The average molecular weight is 412 g/mol. The second kappa shape index (κ2) is 7.30. The molecule has 2 aromatic carbocycles. The Hall–Kier alpha value is -2.24. The molecule has 0 saturated carbocycles. The number of anilines is 1. The summed E-state index contributed by atoms with van der Waals surface area (Å²) in [5.41, 5.74) is 4.89. The van der Waals surface area contributed by atoms with E-state index < -0.39 is 0 Å². The molecule has 4 rings (SSSR count). The Morgan fingerprint density at radius 1 is 1.07 bits per heavy atom. The Labute approximate surface area is 174 Å². The van der Waals surface area contributed by atoms with Gasteiger partial charge in [0.05, 0.1) is 11.4 Å². The topological polar surface area (TPSA) is 46.9 Å². The number of aromatic nitrogens is 2. The number of halogens is 1. The molecular formula is C22H22ClN3OS. The molecule has 0 unspecified atom stereocenters. The lowest BCUT2D eigenvalue weighted by Gasteiger charge is -2.19. The molecule has 1 amide bonds. The first-order chi connectivity index (χ1) is 13.3. The molecule has 1 N–H and O–H groups in total. The van der Waals surface area contributed by atoms with E-state index in [9.17, 15) is 4.79 Å². The highest BCUT2D eigenvalue weighted by molar-refractivity contribution is 7.98. The standard InChI is InChI=1S/C22H22ClN3OS/c1-22(2,3)15-6-4-14(5-7-15)21(27)24-20-18-12-28-13-19(18)25-26(20)17-10-8-16(23)9-11-17/h4-11H,12-13H2,1-3H3,(H,24,27). The monoisotopic (exact) mass is 411 g/mol. The van der Waals surface area contributed by atoms with Crippen LogP contribution < -0.4 is 5.32 Å². The van der Waals surface area contributed by atoms with Crippen molar-refractivity contribution in [3.05, 3.63) is 75.9 Å². The predicted octanol–water partition coefficient (Wildman–Crippen LogP) is 5.82. The highest BCUT2D eigenvalue weighted by Crippen LogP contribution is 2.36. The molecule has 144 valence electrons. The summed E-state index contributed by atoms with van der Waals surface area (Å²) in [6, 6.07) is 15.3. The second-order valence-corrected chi connectivity index (χ2v) is 9.36. The van der Waals surface area contributed by atoms with Gasteiger partial charge >= 0.3 is 0 Å². The molecule has 1 aromatic heterocycles. The molecule has 0 radical (unpaired) electrons. The van der Waals surface area contributed by atoms with E-state index in [4.69, 9.17) is 16.7 Å². The van der Waals surface area contributed by atoms with Crippen molar-refractivity contribution in [2.45, 2.75) is 37.7 Å². The minimum absolute atomic E-state index is 0.0558. The third kappa shape index (κ3) is 3.69. The fourth-order valence-electron chi connectivity index (χ4n) is 3.21. The quantitative estimate of drug-likeness (QED) is 0.590. The number of hydrogen-bond acceptors (Lipinski definition) is 3. The summed E-state index contributed by atoms with van der Waals surface area (Å²) in [6.07, 6.45) is 0. The number of carbonyl (C=O) groups excluding carboxylic acids is 1. The summed E-state index contributed by atoms with van der Waals surface area (Å²) in [5.74, 6) is 2.32. The summed E-state index contributed by atoms with van der Waals surface area (Å²) < 4.78 is 1.81. The number of benzene rings is 2. The number of rotatable bonds is 3. The number of hydrogen-bond donors (Lipinski definition) is 1. The van der Waals surface area contributed by atoms with E-state index in [0.717, 1.165) is 34.3 Å². The van der Waals surface area contributed by atoms with Crippen molar-refractivity contribution in [1.82, 2.24) is 9.78 Å². The Balaban J connectivity index is 1.66. The van der Waals surface area contributed by atoms with Crippen LogP contribution in [0.4, 0.5) is 5.82 Å². The van der Waals surface area contributed by atoms with E-state index in [-0.39, 0.29) is 11.3 Å². The van der Waals surface area contributed by atoms with Gasteiger partial charge in [-0.15, -0.1) is 0 Å². The number of amides is 1. The highest BCUT2D eigenvalue weighted by atomic mass is 35.5. The zero-order valence-corrected chi connectivity index (χ0v) is 17.7. The fourth-order valence-corrected chi connectivity index (χ4v) is 4.37. The summed E-state index contributed by atoms with van der Waals surface area (Å²) in [6.45, 7) is 6.48. The van der Waals surface area contributed by atoms with Crippen LogP contribution in [0.1, 0.15) is 48.0 Å². The van der Waals surface area contributed by atoms with Gasteiger partial charge in [0.2, 0.25) is 0 Å². The number of nitrogens with zero attached hydrogens (tertiary/aromatic N) is 2. The lowest BCUT2D eigenvalue weighted by Crippen LogP contribution is -2.17. The lowest BCUT2D eigenvalue weighted by atomic mass is 9.87. The molecular weight excluding hydrogens is 390 g/mol. The Morgan fingerprint density at radius 2 is 1.75 bits per heavy atom. The molecule has 4 nitrogen and oxygen atoms in total. The van der Waals surface area contributed by atoms with Gasteiger partial charge in [-0.1, -0.05) is 44.5 Å². The first-order valence-corrected chi connectivity index (χ1v) is 10.7. The molecule has 0 fully saturated rings. The molecule has 0 atom stereocenters. The van der Waals surface area contributed by atoms with Gasteiger partial charge in [0.25, 0.3) is 5.91 Å². The van der Waals surface area contributed by atoms with Crippen LogP contribution in [0.15, 0.2) is 48.5 Å². The van der Waals surface area contributed by atoms with E-state index in [0.29, 0.717) is 10.6 Å². The van der Waals surface area contributed by atoms with E-state index in [2.05, 4.69) is 26.1 Å².